The number of amides is 1. The number of carbonyl (C=O) groups is 2. The summed E-state index contributed by atoms with van der Waals surface area (Å²) in [7, 11) is 2.93. The molecule has 0 spiro atoms. The van der Waals surface area contributed by atoms with Gasteiger partial charge in [-0.3, -0.25) is 9.59 Å². The fourth-order valence-corrected chi connectivity index (χ4v) is 4.51. The van der Waals surface area contributed by atoms with Crippen LogP contribution in [0.1, 0.15) is 43.6 Å². The number of esters is 1. The Morgan fingerprint density at radius 1 is 0.943 bits per heavy atom. The Hall–Kier alpha value is -4.39. The zero-order chi connectivity index (χ0) is 24.5. The summed E-state index contributed by atoms with van der Waals surface area (Å²) < 4.78 is 16.0. The van der Waals surface area contributed by atoms with E-state index >= 15 is 0 Å². The molecule has 1 aliphatic heterocycles. The molecule has 1 aliphatic rings. The van der Waals surface area contributed by atoms with Crippen LogP contribution in [0.4, 0.5) is 0 Å². The largest absolute Gasteiger partial charge is 0.497 e. The molecule has 7 nitrogen and oxygen atoms in total. The number of methoxy groups -OCH3 is 2. The second-order valence-electron chi connectivity index (χ2n) is 8.28. The zero-order valence-electron chi connectivity index (χ0n) is 19.3. The van der Waals surface area contributed by atoms with E-state index in [1.54, 1.807) is 60.5 Å². The zero-order valence-corrected chi connectivity index (χ0v) is 19.3. The van der Waals surface area contributed by atoms with Crippen molar-refractivity contribution in [3.05, 3.63) is 111 Å². The lowest BCUT2D eigenvalue weighted by molar-refractivity contribution is 0.0600. The van der Waals surface area contributed by atoms with Crippen molar-refractivity contribution in [3.63, 3.8) is 0 Å². The van der Waals surface area contributed by atoms with Gasteiger partial charge < -0.3 is 18.8 Å². The van der Waals surface area contributed by atoms with Gasteiger partial charge in [0.15, 0.2) is 5.43 Å². The summed E-state index contributed by atoms with van der Waals surface area (Å²) in [5.41, 5.74) is 2.58. The summed E-state index contributed by atoms with van der Waals surface area (Å²) in [4.78, 5) is 40.6. The highest BCUT2D eigenvalue weighted by atomic mass is 16.5. The van der Waals surface area contributed by atoms with Crippen molar-refractivity contribution < 1.29 is 23.5 Å². The number of carbonyl (C=O) groups excluding carboxylic acids is 2. The fourth-order valence-electron chi connectivity index (χ4n) is 4.51. The molecule has 5 rings (SSSR count). The molecule has 0 radical (unpaired) electrons. The Morgan fingerprint density at radius 2 is 1.66 bits per heavy atom. The van der Waals surface area contributed by atoms with Gasteiger partial charge in [0, 0.05) is 6.54 Å². The van der Waals surface area contributed by atoms with Crippen molar-refractivity contribution in [2.75, 3.05) is 20.8 Å². The van der Waals surface area contributed by atoms with Crippen LogP contribution in [0, 0.1) is 0 Å². The maximum Gasteiger partial charge on any atom is 0.337 e. The summed E-state index contributed by atoms with van der Waals surface area (Å²) >= 11 is 0. The predicted molar refractivity (Wildman–Crippen MR) is 130 cm³/mol. The van der Waals surface area contributed by atoms with Gasteiger partial charge in [-0.05, 0) is 53.9 Å². The number of para-hydroxylation sites is 1. The van der Waals surface area contributed by atoms with E-state index in [-0.39, 0.29) is 17.1 Å². The Bertz CT molecular complexity index is 1470. The van der Waals surface area contributed by atoms with Gasteiger partial charge in [-0.2, -0.15) is 0 Å². The van der Waals surface area contributed by atoms with Crippen molar-refractivity contribution >= 4 is 22.8 Å². The summed E-state index contributed by atoms with van der Waals surface area (Å²) in [6.07, 6.45) is 0.578. The SMILES string of the molecule is COC(=O)c1ccc(C2c3c(oc4ccccc4c3=O)C(=O)N2CCc2ccc(OC)cc2)cc1. The van der Waals surface area contributed by atoms with E-state index in [2.05, 4.69) is 0 Å². The molecule has 1 amide bonds. The second kappa shape index (κ2) is 9.10. The molecule has 4 aromatic rings. The van der Waals surface area contributed by atoms with Crippen LogP contribution in [-0.2, 0) is 11.2 Å². The highest BCUT2D eigenvalue weighted by Crippen LogP contribution is 2.38. The van der Waals surface area contributed by atoms with E-state index in [0.29, 0.717) is 40.6 Å². The van der Waals surface area contributed by atoms with E-state index in [0.717, 1.165) is 11.3 Å². The van der Waals surface area contributed by atoms with Crippen molar-refractivity contribution in [1.82, 2.24) is 4.90 Å². The molecule has 35 heavy (non-hydrogen) atoms. The third-order valence-corrected chi connectivity index (χ3v) is 6.32. The van der Waals surface area contributed by atoms with Crippen LogP contribution >= 0.6 is 0 Å². The summed E-state index contributed by atoms with van der Waals surface area (Å²) in [6, 6.07) is 20.7. The van der Waals surface area contributed by atoms with Crippen LogP contribution in [-0.4, -0.2) is 37.5 Å². The number of hydrogen-bond donors (Lipinski definition) is 0. The van der Waals surface area contributed by atoms with E-state index in [1.807, 2.05) is 24.3 Å². The minimum absolute atomic E-state index is 0.0606. The van der Waals surface area contributed by atoms with Crippen molar-refractivity contribution in [2.45, 2.75) is 12.5 Å². The monoisotopic (exact) mass is 469 g/mol. The van der Waals surface area contributed by atoms with Gasteiger partial charge in [0.1, 0.15) is 11.3 Å². The Balaban J connectivity index is 1.57. The number of nitrogens with zero attached hydrogens (tertiary/aromatic N) is 1. The first-order valence-corrected chi connectivity index (χ1v) is 11.2. The van der Waals surface area contributed by atoms with Crippen LogP contribution < -0.4 is 10.2 Å². The van der Waals surface area contributed by atoms with Crippen LogP contribution in [0.15, 0.2) is 82.0 Å². The van der Waals surface area contributed by atoms with E-state index in [4.69, 9.17) is 13.9 Å². The van der Waals surface area contributed by atoms with Crippen LogP contribution in [0.2, 0.25) is 0 Å². The normalized spacial score (nSPS) is 14.7. The summed E-state index contributed by atoms with van der Waals surface area (Å²) in [5, 5.41) is 0.423. The van der Waals surface area contributed by atoms with Crippen LogP contribution in [0.5, 0.6) is 5.75 Å². The number of hydrogen-bond acceptors (Lipinski definition) is 6. The highest BCUT2D eigenvalue weighted by molar-refractivity contribution is 5.99. The molecule has 176 valence electrons. The van der Waals surface area contributed by atoms with Gasteiger partial charge >= 0.3 is 5.97 Å². The van der Waals surface area contributed by atoms with Gasteiger partial charge in [0.05, 0.1) is 36.8 Å². The van der Waals surface area contributed by atoms with E-state index < -0.39 is 12.0 Å². The lowest BCUT2D eigenvalue weighted by atomic mass is 9.97. The number of benzene rings is 3. The molecular weight excluding hydrogens is 446 g/mol. The average Bonchev–Trinajstić information content (AvgIpc) is 3.19. The predicted octanol–water partition coefficient (Wildman–Crippen LogP) is 4.38. The summed E-state index contributed by atoms with van der Waals surface area (Å²) in [5.74, 6) is 0.0219. The molecule has 0 bridgehead atoms. The van der Waals surface area contributed by atoms with Gasteiger partial charge in [0.25, 0.3) is 5.91 Å². The van der Waals surface area contributed by atoms with Gasteiger partial charge in [0.2, 0.25) is 5.76 Å². The average molecular weight is 469 g/mol. The molecule has 0 aliphatic carbocycles. The van der Waals surface area contributed by atoms with Crippen LogP contribution in [0.3, 0.4) is 0 Å². The maximum absolute atomic E-state index is 13.5. The molecule has 0 fully saturated rings. The first kappa shape index (κ1) is 22.4. The molecule has 1 atom stereocenters. The van der Waals surface area contributed by atoms with Gasteiger partial charge in [-0.1, -0.05) is 36.4 Å². The van der Waals surface area contributed by atoms with Crippen molar-refractivity contribution in [1.29, 1.82) is 0 Å². The van der Waals surface area contributed by atoms with Gasteiger partial charge in [-0.15, -0.1) is 0 Å². The van der Waals surface area contributed by atoms with E-state index in [9.17, 15) is 14.4 Å². The Labute approximate surface area is 201 Å². The quantitative estimate of drug-likeness (QED) is 0.390. The number of rotatable bonds is 6. The van der Waals surface area contributed by atoms with Crippen LogP contribution in [0.25, 0.3) is 11.0 Å². The number of fused-ring (bicyclic) bond motifs is 2. The topological polar surface area (TPSA) is 86.0 Å². The lowest BCUT2D eigenvalue weighted by Gasteiger charge is -2.25. The second-order valence-corrected chi connectivity index (χ2v) is 8.28. The fraction of sp³-hybridized carbons (Fsp3) is 0.179. The molecule has 1 aromatic heterocycles. The molecule has 2 heterocycles. The standard InChI is InChI=1S/C28H23NO6/c1-33-20-13-7-17(8-14-20)15-16-29-24(18-9-11-19(12-10-18)28(32)34-2)23-25(30)21-5-3-4-6-22(21)35-26(23)27(29)31/h3-14,24H,15-16H2,1-2H3. The molecule has 0 N–H and O–H groups in total. The van der Waals surface area contributed by atoms with Gasteiger partial charge in [-0.25, -0.2) is 4.79 Å². The third kappa shape index (κ3) is 3.95. The third-order valence-electron chi connectivity index (χ3n) is 6.32. The molecule has 1 unspecified atom stereocenters. The van der Waals surface area contributed by atoms with Crippen molar-refractivity contribution in [2.24, 2.45) is 0 Å². The molecule has 7 heteroatoms. The first-order valence-electron chi connectivity index (χ1n) is 11.2. The minimum atomic E-state index is -0.636. The minimum Gasteiger partial charge on any atom is -0.497 e. The maximum atomic E-state index is 13.5. The number of ether oxygens (including phenoxy) is 2. The van der Waals surface area contributed by atoms with E-state index in [1.165, 1.54) is 7.11 Å². The smallest absolute Gasteiger partial charge is 0.337 e. The first-order chi connectivity index (χ1) is 17.0. The molecular formula is C28H23NO6. The highest BCUT2D eigenvalue weighted by Gasteiger charge is 2.42. The molecule has 0 saturated carbocycles. The lowest BCUT2D eigenvalue weighted by Crippen LogP contribution is -2.31. The van der Waals surface area contributed by atoms with Crippen molar-refractivity contribution in [3.8, 4) is 5.75 Å². The molecule has 0 saturated heterocycles. The summed E-state index contributed by atoms with van der Waals surface area (Å²) in [6.45, 7) is 0.370. The molecule has 3 aromatic carbocycles. The Kier molecular flexibility index (Phi) is 5.82. The Morgan fingerprint density at radius 3 is 2.34 bits per heavy atom.